The molecule has 0 aliphatic carbocycles. The smallest absolute Gasteiger partial charge is 0.339 e. The van der Waals surface area contributed by atoms with E-state index in [-0.39, 0.29) is 26.9 Å². The lowest BCUT2D eigenvalue weighted by Gasteiger charge is -2.21. The number of hydrogen-bond donors (Lipinski definition) is 0. The Morgan fingerprint density at radius 1 is 1.23 bits per heavy atom. The van der Waals surface area contributed by atoms with Crippen LogP contribution in [-0.2, 0) is 14.8 Å². The van der Waals surface area contributed by atoms with Crippen LogP contribution in [0.3, 0.4) is 0 Å². The van der Waals surface area contributed by atoms with Crippen LogP contribution in [0.25, 0.3) is 0 Å². The van der Waals surface area contributed by atoms with Gasteiger partial charge in [0.05, 0.1) is 33.2 Å². The number of nitrogens with zero attached hydrogens (tertiary/aromatic N) is 2. The Bertz CT molecular complexity index is 990. The highest BCUT2D eigenvalue weighted by Crippen LogP contribution is 2.30. The lowest BCUT2D eigenvalue weighted by atomic mass is 10.2. The minimum absolute atomic E-state index is 0.00415. The number of ether oxygens (including phenoxy) is 1. The first-order valence-electron chi connectivity index (χ1n) is 7.21. The van der Waals surface area contributed by atoms with Crippen molar-refractivity contribution in [2.75, 3.05) is 18.5 Å². The van der Waals surface area contributed by atoms with Gasteiger partial charge in [0.2, 0.25) is 0 Å². The van der Waals surface area contributed by atoms with Gasteiger partial charge < -0.3 is 4.74 Å². The molecule has 138 valence electrons. The maximum atomic E-state index is 12.9. The number of non-ortho nitro benzene ring substituents is 1. The second-order valence-corrected chi connectivity index (χ2v) is 7.68. The number of halogens is 1. The van der Waals surface area contributed by atoms with Crippen molar-refractivity contribution in [3.8, 4) is 0 Å². The van der Waals surface area contributed by atoms with Gasteiger partial charge in [0, 0.05) is 19.2 Å². The fraction of sp³-hybridized carbons (Fsp3) is 0.188. The predicted molar refractivity (Wildman–Crippen MR) is 96.2 cm³/mol. The zero-order valence-electron chi connectivity index (χ0n) is 14.1. The molecule has 10 heteroatoms. The quantitative estimate of drug-likeness (QED) is 0.435. The number of hydrogen-bond acceptors (Lipinski definition) is 6. The number of benzene rings is 2. The highest BCUT2D eigenvalue weighted by atomic mass is 35.5. The van der Waals surface area contributed by atoms with Crippen molar-refractivity contribution in [2.24, 2.45) is 0 Å². The number of rotatable bonds is 5. The summed E-state index contributed by atoms with van der Waals surface area (Å²) in [5, 5.41) is 11.1. The third-order valence-corrected chi connectivity index (χ3v) is 6.00. The SMILES string of the molecule is COC(=O)c1cc(N(C)S(=O)(=O)c2cc([N+](=O)[O-])ccc2C)ccc1Cl. The van der Waals surface area contributed by atoms with Gasteiger partial charge in [0.25, 0.3) is 15.7 Å². The van der Waals surface area contributed by atoms with E-state index in [4.69, 9.17) is 11.6 Å². The van der Waals surface area contributed by atoms with Crippen LogP contribution in [0.4, 0.5) is 11.4 Å². The molecule has 2 aromatic carbocycles. The fourth-order valence-corrected chi connectivity index (χ4v) is 3.87. The minimum atomic E-state index is -4.11. The van der Waals surface area contributed by atoms with Crippen molar-refractivity contribution in [2.45, 2.75) is 11.8 Å². The number of esters is 1. The molecule has 0 heterocycles. The molecule has 0 atom stereocenters. The number of anilines is 1. The van der Waals surface area contributed by atoms with Gasteiger partial charge in [-0.1, -0.05) is 17.7 Å². The normalized spacial score (nSPS) is 11.1. The molecule has 0 saturated heterocycles. The molecule has 2 rings (SSSR count). The molecular weight excluding hydrogens is 384 g/mol. The van der Waals surface area contributed by atoms with Gasteiger partial charge in [0.1, 0.15) is 0 Å². The van der Waals surface area contributed by atoms with Crippen LogP contribution < -0.4 is 4.31 Å². The maximum Gasteiger partial charge on any atom is 0.339 e. The van der Waals surface area contributed by atoms with Crippen LogP contribution in [0.15, 0.2) is 41.3 Å². The van der Waals surface area contributed by atoms with Crippen molar-refractivity contribution in [3.05, 3.63) is 62.7 Å². The molecule has 0 unspecified atom stereocenters. The summed E-state index contributed by atoms with van der Waals surface area (Å²) in [4.78, 5) is 21.8. The van der Waals surface area contributed by atoms with Gasteiger partial charge in [-0.25, -0.2) is 13.2 Å². The van der Waals surface area contributed by atoms with Crippen LogP contribution in [0.1, 0.15) is 15.9 Å². The monoisotopic (exact) mass is 398 g/mol. The zero-order valence-corrected chi connectivity index (χ0v) is 15.7. The number of sulfonamides is 1. The van der Waals surface area contributed by atoms with E-state index in [1.807, 2.05) is 0 Å². The molecule has 0 bridgehead atoms. The number of carbonyl (C=O) groups excluding carboxylic acids is 1. The fourth-order valence-electron chi connectivity index (χ4n) is 2.24. The van der Waals surface area contributed by atoms with Gasteiger partial charge in [-0.15, -0.1) is 0 Å². The topological polar surface area (TPSA) is 107 Å². The summed E-state index contributed by atoms with van der Waals surface area (Å²) in [6.07, 6.45) is 0. The minimum Gasteiger partial charge on any atom is -0.465 e. The van der Waals surface area contributed by atoms with E-state index in [0.29, 0.717) is 5.56 Å². The first kappa shape index (κ1) is 19.7. The van der Waals surface area contributed by atoms with Crippen LogP contribution in [0, 0.1) is 17.0 Å². The summed E-state index contributed by atoms with van der Waals surface area (Å²) in [7, 11) is -1.65. The van der Waals surface area contributed by atoms with E-state index >= 15 is 0 Å². The van der Waals surface area contributed by atoms with Gasteiger partial charge in [-0.05, 0) is 30.7 Å². The van der Waals surface area contributed by atoms with Crippen LogP contribution in [-0.4, -0.2) is 33.5 Å². The van der Waals surface area contributed by atoms with E-state index in [0.717, 1.165) is 10.4 Å². The van der Waals surface area contributed by atoms with Gasteiger partial charge in [0.15, 0.2) is 0 Å². The summed E-state index contributed by atoms with van der Waals surface area (Å²) in [5.74, 6) is -0.714. The molecule has 0 N–H and O–H groups in total. The number of methoxy groups -OCH3 is 1. The molecule has 0 amide bonds. The van der Waals surface area contributed by atoms with E-state index in [1.54, 1.807) is 0 Å². The van der Waals surface area contributed by atoms with Crippen molar-refractivity contribution in [1.82, 2.24) is 0 Å². The molecule has 0 fully saturated rings. The average molecular weight is 399 g/mol. The third-order valence-electron chi connectivity index (χ3n) is 3.74. The predicted octanol–water partition coefficient (Wildman–Crippen LogP) is 3.17. The largest absolute Gasteiger partial charge is 0.465 e. The molecule has 0 aliphatic rings. The number of nitro groups is 1. The molecule has 8 nitrogen and oxygen atoms in total. The Morgan fingerprint density at radius 2 is 1.88 bits per heavy atom. The average Bonchev–Trinajstić information content (AvgIpc) is 2.60. The summed E-state index contributed by atoms with van der Waals surface area (Å²) in [6.45, 7) is 1.53. The Kier molecular flexibility index (Phi) is 5.53. The molecule has 0 saturated carbocycles. The molecule has 0 spiro atoms. The van der Waals surface area contributed by atoms with Crippen molar-refractivity contribution in [3.63, 3.8) is 0 Å². The van der Waals surface area contributed by atoms with E-state index in [9.17, 15) is 23.3 Å². The Hall–Kier alpha value is -2.65. The molecule has 0 aromatic heterocycles. The number of aryl methyl sites for hydroxylation is 1. The molecule has 0 radical (unpaired) electrons. The van der Waals surface area contributed by atoms with E-state index in [1.165, 1.54) is 51.4 Å². The lowest BCUT2D eigenvalue weighted by molar-refractivity contribution is -0.385. The van der Waals surface area contributed by atoms with Crippen LogP contribution in [0.5, 0.6) is 0 Å². The molecule has 2 aromatic rings. The highest BCUT2D eigenvalue weighted by Gasteiger charge is 2.26. The van der Waals surface area contributed by atoms with Crippen molar-refractivity contribution < 1.29 is 22.9 Å². The van der Waals surface area contributed by atoms with Gasteiger partial charge in [-0.3, -0.25) is 14.4 Å². The maximum absolute atomic E-state index is 12.9. The lowest BCUT2D eigenvalue weighted by Crippen LogP contribution is -2.27. The summed E-state index contributed by atoms with van der Waals surface area (Å²) in [6, 6.07) is 7.65. The zero-order chi connectivity index (χ0) is 19.6. The molecule has 0 aliphatic heterocycles. The summed E-state index contributed by atoms with van der Waals surface area (Å²) >= 11 is 5.94. The van der Waals surface area contributed by atoms with Gasteiger partial charge >= 0.3 is 5.97 Å². The van der Waals surface area contributed by atoms with Crippen molar-refractivity contribution in [1.29, 1.82) is 0 Å². The Labute approximate surface area is 155 Å². The standard InChI is InChI=1S/C16H15ClN2O6S/c1-10-4-5-12(19(21)22)9-15(10)26(23,24)18(2)11-6-7-14(17)13(8-11)16(20)25-3/h4-9H,1-3H3. The van der Waals surface area contributed by atoms with Crippen LogP contribution in [0.2, 0.25) is 5.02 Å². The van der Waals surface area contributed by atoms with E-state index < -0.39 is 20.9 Å². The number of nitro benzene ring substituents is 1. The van der Waals surface area contributed by atoms with Crippen molar-refractivity contribution >= 4 is 39.0 Å². The first-order chi connectivity index (χ1) is 12.1. The highest BCUT2D eigenvalue weighted by molar-refractivity contribution is 7.92. The Morgan fingerprint density at radius 3 is 2.46 bits per heavy atom. The second-order valence-electron chi connectivity index (χ2n) is 5.34. The summed E-state index contributed by atoms with van der Waals surface area (Å²) in [5.41, 5.74) is 0.170. The second kappa shape index (κ2) is 7.30. The van der Waals surface area contributed by atoms with Gasteiger partial charge in [-0.2, -0.15) is 0 Å². The molecule has 26 heavy (non-hydrogen) atoms. The Balaban J connectivity index is 2.56. The first-order valence-corrected chi connectivity index (χ1v) is 9.03. The summed E-state index contributed by atoms with van der Waals surface area (Å²) < 4.78 is 31.4. The third kappa shape index (κ3) is 3.63. The number of carbonyl (C=O) groups is 1. The van der Waals surface area contributed by atoms with E-state index in [2.05, 4.69) is 4.74 Å². The molecular formula is C16H15ClN2O6S. The van der Waals surface area contributed by atoms with Crippen LogP contribution >= 0.6 is 11.6 Å².